The van der Waals surface area contributed by atoms with E-state index in [1.54, 1.807) is 6.07 Å². The van der Waals surface area contributed by atoms with Crippen LogP contribution in [0.5, 0.6) is 0 Å². The van der Waals surface area contributed by atoms with Crippen molar-refractivity contribution in [3.05, 3.63) is 29.6 Å². The molecular formula is C15H22FN3O. The monoisotopic (exact) mass is 279 g/mol. The number of hydrogen-bond donors (Lipinski definition) is 2. The number of rotatable bonds is 4. The first-order valence-electron chi connectivity index (χ1n) is 7.14. The van der Waals surface area contributed by atoms with Crippen molar-refractivity contribution >= 4 is 11.6 Å². The summed E-state index contributed by atoms with van der Waals surface area (Å²) in [6, 6.07) is 4.18. The number of anilines is 1. The van der Waals surface area contributed by atoms with Gasteiger partial charge in [-0.1, -0.05) is 6.42 Å². The third-order valence-electron chi connectivity index (χ3n) is 3.62. The topological polar surface area (TPSA) is 58.4 Å². The largest absolute Gasteiger partial charge is 0.396 e. The SMILES string of the molecule is CC(CN1CCCCC1)NC(=O)c1ccc(N)c(F)c1. The van der Waals surface area contributed by atoms with Crippen LogP contribution in [0.2, 0.25) is 0 Å². The number of piperidine rings is 1. The van der Waals surface area contributed by atoms with Crippen molar-refractivity contribution in [1.29, 1.82) is 0 Å². The molecule has 0 spiro atoms. The zero-order chi connectivity index (χ0) is 14.5. The molecule has 1 aliphatic rings. The van der Waals surface area contributed by atoms with Gasteiger partial charge in [-0.3, -0.25) is 4.79 Å². The van der Waals surface area contributed by atoms with Gasteiger partial charge in [0.2, 0.25) is 0 Å². The van der Waals surface area contributed by atoms with Gasteiger partial charge in [-0.05, 0) is 51.1 Å². The van der Waals surface area contributed by atoms with Crippen molar-refractivity contribution in [1.82, 2.24) is 10.2 Å². The van der Waals surface area contributed by atoms with Gasteiger partial charge in [-0.2, -0.15) is 0 Å². The van der Waals surface area contributed by atoms with Gasteiger partial charge in [-0.25, -0.2) is 4.39 Å². The van der Waals surface area contributed by atoms with Crippen molar-refractivity contribution in [3.63, 3.8) is 0 Å². The number of hydrogen-bond acceptors (Lipinski definition) is 3. The van der Waals surface area contributed by atoms with Crippen molar-refractivity contribution in [2.45, 2.75) is 32.2 Å². The standard InChI is InChI=1S/C15H22FN3O/c1-11(10-19-7-3-2-4-8-19)18-15(20)12-5-6-14(17)13(16)9-12/h5-6,9,11H,2-4,7-8,10,17H2,1H3,(H,18,20). The van der Waals surface area contributed by atoms with Crippen LogP contribution in [-0.2, 0) is 0 Å². The Labute approximate surface area is 119 Å². The maximum atomic E-state index is 13.3. The molecule has 1 aromatic carbocycles. The number of nitrogens with two attached hydrogens (primary N) is 1. The second kappa shape index (κ2) is 6.70. The highest BCUT2D eigenvalue weighted by atomic mass is 19.1. The molecule has 1 aliphatic heterocycles. The second-order valence-electron chi connectivity index (χ2n) is 5.47. The first-order chi connectivity index (χ1) is 9.56. The first-order valence-corrected chi connectivity index (χ1v) is 7.14. The molecule has 3 N–H and O–H groups in total. The molecule has 5 heteroatoms. The smallest absolute Gasteiger partial charge is 0.251 e. The summed E-state index contributed by atoms with van der Waals surface area (Å²) in [5.74, 6) is -0.810. The molecule has 1 amide bonds. The third-order valence-corrected chi connectivity index (χ3v) is 3.62. The van der Waals surface area contributed by atoms with E-state index in [1.807, 2.05) is 6.92 Å². The van der Waals surface area contributed by atoms with Gasteiger partial charge in [0.1, 0.15) is 5.82 Å². The molecular weight excluding hydrogens is 257 g/mol. The van der Waals surface area contributed by atoms with Gasteiger partial charge in [-0.15, -0.1) is 0 Å². The summed E-state index contributed by atoms with van der Waals surface area (Å²) >= 11 is 0. The Balaban J connectivity index is 1.87. The minimum absolute atomic E-state index is 0.0428. The Kier molecular flexibility index (Phi) is 4.95. The molecule has 0 saturated carbocycles. The molecule has 1 unspecified atom stereocenters. The highest BCUT2D eigenvalue weighted by Crippen LogP contribution is 2.12. The summed E-state index contributed by atoms with van der Waals surface area (Å²) in [5.41, 5.74) is 5.77. The van der Waals surface area contributed by atoms with Crippen LogP contribution in [0.1, 0.15) is 36.5 Å². The lowest BCUT2D eigenvalue weighted by atomic mass is 10.1. The number of benzene rings is 1. The first kappa shape index (κ1) is 14.8. The molecule has 0 bridgehead atoms. The van der Waals surface area contributed by atoms with E-state index < -0.39 is 5.82 Å². The Morgan fingerprint density at radius 2 is 2.10 bits per heavy atom. The van der Waals surface area contributed by atoms with Crippen LogP contribution in [0.25, 0.3) is 0 Å². The predicted molar refractivity (Wildman–Crippen MR) is 78.0 cm³/mol. The van der Waals surface area contributed by atoms with Gasteiger partial charge < -0.3 is 16.0 Å². The summed E-state index contributed by atoms with van der Waals surface area (Å²) in [6.07, 6.45) is 3.75. The van der Waals surface area contributed by atoms with Crippen molar-refractivity contribution in [2.24, 2.45) is 0 Å². The summed E-state index contributed by atoms with van der Waals surface area (Å²) in [4.78, 5) is 14.4. The van der Waals surface area contributed by atoms with Crippen LogP contribution in [0.4, 0.5) is 10.1 Å². The lowest BCUT2D eigenvalue weighted by Crippen LogP contribution is -2.43. The van der Waals surface area contributed by atoms with Gasteiger partial charge in [0.15, 0.2) is 0 Å². The summed E-state index contributed by atoms with van der Waals surface area (Å²) in [5, 5.41) is 2.90. The average Bonchev–Trinajstić information content (AvgIpc) is 2.42. The normalized spacial score (nSPS) is 17.7. The van der Waals surface area contributed by atoms with Gasteiger partial charge in [0.25, 0.3) is 5.91 Å². The molecule has 0 radical (unpaired) electrons. The molecule has 4 nitrogen and oxygen atoms in total. The molecule has 1 fully saturated rings. The maximum Gasteiger partial charge on any atom is 0.251 e. The number of nitrogens with zero attached hydrogens (tertiary/aromatic N) is 1. The zero-order valence-electron chi connectivity index (χ0n) is 11.9. The van der Waals surface area contributed by atoms with Gasteiger partial charge >= 0.3 is 0 Å². The Hall–Kier alpha value is -1.62. The van der Waals surface area contributed by atoms with Crippen molar-refractivity contribution in [3.8, 4) is 0 Å². The Morgan fingerprint density at radius 3 is 2.75 bits per heavy atom. The van der Waals surface area contributed by atoms with Crippen LogP contribution in [0, 0.1) is 5.82 Å². The van der Waals surface area contributed by atoms with Crippen LogP contribution in [0.3, 0.4) is 0 Å². The molecule has 0 aliphatic carbocycles. The van der Waals surface area contributed by atoms with Crippen LogP contribution in [0.15, 0.2) is 18.2 Å². The average molecular weight is 279 g/mol. The number of carbonyl (C=O) groups excluding carboxylic acids is 1. The van der Waals surface area contributed by atoms with E-state index in [0.29, 0.717) is 5.56 Å². The number of likely N-dealkylation sites (tertiary alicyclic amines) is 1. The number of nitrogen functional groups attached to an aromatic ring is 1. The minimum Gasteiger partial charge on any atom is -0.396 e. The zero-order valence-corrected chi connectivity index (χ0v) is 11.9. The number of carbonyl (C=O) groups is 1. The molecule has 1 saturated heterocycles. The van der Waals surface area contributed by atoms with Gasteiger partial charge in [0, 0.05) is 18.2 Å². The van der Waals surface area contributed by atoms with E-state index in [0.717, 1.165) is 19.6 Å². The Bertz CT molecular complexity index is 472. The number of nitrogens with one attached hydrogen (secondary N) is 1. The van der Waals surface area contributed by atoms with E-state index >= 15 is 0 Å². The summed E-state index contributed by atoms with van der Waals surface area (Å²) < 4.78 is 13.3. The quantitative estimate of drug-likeness (QED) is 0.829. The predicted octanol–water partition coefficient (Wildman–Crippen LogP) is 2.01. The van der Waals surface area contributed by atoms with E-state index in [-0.39, 0.29) is 17.6 Å². The van der Waals surface area contributed by atoms with E-state index in [4.69, 9.17) is 5.73 Å². The number of halogens is 1. The van der Waals surface area contributed by atoms with E-state index in [2.05, 4.69) is 10.2 Å². The number of amides is 1. The fraction of sp³-hybridized carbons (Fsp3) is 0.533. The highest BCUT2D eigenvalue weighted by molar-refractivity contribution is 5.94. The molecule has 1 heterocycles. The molecule has 1 atom stereocenters. The fourth-order valence-corrected chi connectivity index (χ4v) is 2.55. The minimum atomic E-state index is -0.554. The lowest BCUT2D eigenvalue weighted by molar-refractivity contribution is 0.0925. The van der Waals surface area contributed by atoms with Crippen molar-refractivity contribution < 1.29 is 9.18 Å². The van der Waals surface area contributed by atoms with Crippen LogP contribution < -0.4 is 11.1 Å². The Morgan fingerprint density at radius 1 is 1.40 bits per heavy atom. The van der Waals surface area contributed by atoms with Crippen LogP contribution in [-0.4, -0.2) is 36.5 Å². The lowest BCUT2D eigenvalue weighted by Gasteiger charge is -2.29. The van der Waals surface area contributed by atoms with Gasteiger partial charge in [0.05, 0.1) is 5.69 Å². The summed E-state index contributed by atoms with van der Waals surface area (Å²) in [6.45, 7) is 5.00. The van der Waals surface area contributed by atoms with Crippen LogP contribution >= 0.6 is 0 Å². The second-order valence-corrected chi connectivity index (χ2v) is 5.47. The third kappa shape index (κ3) is 3.93. The molecule has 0 aromatic heterocycles. The van der Waals surface area contributed by atoms with E-state index in [9.17, 15) is 9.18 Å². The maximum absolute atomic E-state index is 13.3. The summed E-state index contributed by atoms with van der Waals surface area (Å²) in [7, 11) is 0. The van der Waals surface area contributed by atoms with E-state index in [1.165, 1.54) is 31.4 Å². The molecule has 1 aromatic rings. The molecule has 2 rings (SSSR count). The fourth-order valence-electron chi connectivity index (χ4n) is 2.55. The molecule has 20 heavy (non-hydrogen) atoms. The van der Waals surface area contributed by atoms with Crippen molar-refractivity contribution in [2.75, 3.05) is 25.4 Å². The molecule has 110 valence electrons. The highest BCUT2D eigenvalue weighted by Gasteiger charge is 2.16.